The molecular formula is C22H20N2O3. The maximum absolute atomic E-state index is 13.1. The Balaban J connectivity index is 1.80. The number of hydrogen-bond acceptors (Lipinski definition) is 4. The van der Waals surface area contributed by atoms with Crippen LogP contribution in [0.3, 0.4) is 0 Å². The van der Waals surface area contributed by atoms with Crippen LogP contribution in [0, 0.1) is 11.3 Å². The summed E-state index contributed by atoms with van der Waals surface area (Å²) in [5.74, 6) is -1.91. The summed E-state index contributed by atoms with van der Waals surface area (Å²) in [4.78, 5) is 25.2. The van der Waals surface area contributed by atoms with E-state index in [1.165, 1.54) is 0 Å². The molecule has 0 aromatic heterocycles. The molecule has 2 aliphatic rings. The van der Waals surface area contributed by atoms with Crippen LogP contribution in [0.4, 0.5) is 0 Å². The van der Waals surface area contributed by atoms with Gasteiger partial charge in [-0.2, -0.15) is 0 Å². The summed E-state index contributed by atoms with van der Waals surface area (Å²) in [5, 5.41) is 8.25. The number of allylic oxidation sites excluding steroid dienone is 2. The van der Waals surface area contributed by atoms with Crippen LogP contribution >= 0.6 is 0 Å². The number of rotatable bonds is 3. The van der Waals surface area contributed by atoms with Gasteiger partial charge in [0.2, 0.25) is 5.91 Å². The average molecular weight is 360 g/mol. The second kappa shape index (κ2) is 6.83. The van der Waals surface area contributed by atoms with Gasteiger partial charge in [0.25, 0.3) is 0 Å². The fourth-order valence-electron chi connectivity index (χ4n) is 4.13. The standard InChI is InChI=1S/C22H20N2O3/c23-21(26)20-18(14-9-5-2-6-10-14)19-16(25)11-15(12-17(19)27-22(20)24)13-7-3-1-4-8-13/h1-10,15,18,20,24H,11-12H2,(H2,23,26). The molecule has 27 heavy (non-hydrogen) atoms. The Morgan fingerprint density at radius 1 is 0.963 bits per heavy atom. The van der Waals surface area contributed by atoms with E-state index in [9.17, 15) is 9.59 Å². The Bertz CT molecular complexity index is 935. The lowest BCUT2D eigenvalue weighted by Crippen LogP contribution is -2.43. The summed E-state index contributed by atoms with van der Waals surface area (Å²) in [6.07, 6.45) is 0.886. The van der Waals surface area contributed by atoms with Crippen LogP contribution in [0.25, 0.3) is 0 Å². The summed E-state index contributed by atoms with van der Waals surface area (Å²) < 4.78 is 5.68. The van der Waals surface area contributed by atoms with Crippen molar-refractivity contribution < 1.29 is 14.3 Å². The van der Waals surface area contributed by atoms with Crippen molar-refractivity contribution in [2.24, 2.45) is 11.7 Å². The van der Waals surface area contributed by atoms with E-state index in [1.807, 2.05) is 60.7 Å². The Kier molecular flexibility index (Phi) is 4.36. The van der Waals surface area contributed by atoms with E-state index in [0.717, 1.165) is 11.1 Å². The van der Waals surface area contributed by atoms with E-state index in [0.29, 0.717) is 24.2 Å². The molecule has 0 saturated carbocycles. The van der Waals surface area contributed by atoms with Gasteiger partial charge in [-0.05, 0) is 17.0 Å². The highest BCUT2D eigenvalue weighted by molar-refractivity contribution is 6.07. The molecule has 5 heteroatoms. The predicted octanol–water partition coefficient (Wildman–Crippen LogP) is 3.28. The molecule has 3 atom stereocenters. The summed E-state index contributed by atoms with van der Waals surface area (Å²) in [6, 6.07) is 19.1. The van der Waals surface area contributed by atoms with Gasteiger partial charge in [-0.1, -0.05) is 60.7 Å². The Morgan fingerprint density at radius 2 is 1.56 bits per heavy atom. The molecule has 5 nitrogen and oxygen atoms in total. The van der Waals surface area contributed by atoms with Crippen molar-refractivity contribution >= 4 is 17.6 Å². The summed E-state index contributed by atoms with van der Waals surface area (Å²) in [6.45, 7) is 0. The van der Waals surface area contributed by atoms with Crippen LogP contribution in [-0.2, 0) is 14.3 Å². The highest BCUT2D eigenvalue weighted by Gasteiger charge is 2.46. The first-order valence-electron chi connectivity index (χ1n) is 8.98. The minimum absolute atomic E-state index is 0.00630. The van der Waals surface area contributed by atoms with Crippen molar-refractivity contribution in [1.29, 1.82) is 5.41 Å². The fourth-order valence-corrected chi connectivity index (χ4v) is 4.13. The van der Waals surface area contributed by atoms with Gasteiger partial charge in [0, 0.05) is 24.3 Å². The molecule has 1 aliphatic carbocycles. The third-order valence-corrected chi connectivity index (χ3v) is 5.36. The zero-order valence-electron chi connectivity index (χ0n) is 14.7. The van der Waals surface area contributed by atoms with Gasteiger partial charge in [0.1, 0.15) is 11.7 Å². The average Bonchev–Trinajstić information content (AvgIpc) is 2.67. The number of nitrogens with one attached hydrogen (secondary N) is 1. The summed E-state index contributed by atoms with van der Waals surface area (Å²) in [5.41, 5.74) is 7.94. The van der Waals surface area contributed by atoms with E-state index < -0.39 is 17.7 Å². The van der Waals surface area contributed by atoms with Gasteiger partial charge < -0.3 is 10.5 Å². The molecule has 0 fully saturated rings. The quantitative estimate of drug-likeness (QED) is 0.879. The molecule has 1 amide bonds. The Labute approximate surface area is 157 Å². The molecule has 3 unspecified atom stereocenters. The third kappa shape index (κ3) is 3.05. The van der Waals surface area contributed by atoms with Crippen LogP contribution in [0.5, 0.6) is 0 Å². The van der Waals surface area contributed by atoms with Crippen LogP contribution in [-0.4, -0.2) is 17.6 Å². The summed E-state index contributed by atoms with van der Waals surface area (Å²) >= 11 is 0. The van der Waals surface area contributed by atoms with Crippen molar-refractivity contribution in [3.05, 3.63) is 83.1 Å². The molecule has 1 heterocycles. The highest BCUT2D eigenvalue weighted by atomic mass is 16.5. The number of ketones is 1. The number of Topliss-reactive ketones (excluding diaryl/α,β-unsaturated/α-hetero) is 1. The van der Waals surface area contributed by atoms with Crippen LogP contribution < -0.4 is 5.73 Å². The van der Waals surface area contributed by atoms with E-state index in [1.54, 1.807) is 0 Å². The second-order valence-electron chi connectivity index (χ2n) is 7.01. The molecule has 4 rings (SSSR count). The zero-order valence-corrected chi connectivity index (χ0v) is 14.7. The third-order valence-electron chi connectivity index (χ3n) is 5.36. The predicted molar refractivity (Wildman–Crippen MR) is 101 cm³/mol. The van der Waals surface area contributed by atoms with Gasteiger partial charge >= 0.3 is 0 Å². The molecule has 1 aliphatic heterocycles. The smallest absolute Gasteiger partial charge is 0.230 e. The van der Waals surface area contributed by atoms with E-state index in [2.05, 4.69) is 0 Å². The first-order valence-corrected chi connectivity index (χ1v) is 8.98. The molecule has 2 aromatic carbocycles. The van der Waals surface area contributed by atoms with E-state index in [4.69, 9.17) is 15.9 Å². The van der Waals surface area contributed by atoms with Crippen LogP contribution in [0.15, 0.2) is 72.0 Å². The molecular weight excluding hydrogens is 340 g/mol. The Morgan fingerprint density at radius 3 is 2.15 bits per heavy atom. The number of primary amides is 1. The SMILES string of the molecule is N=C1OC2=C(C(=O)CC(c3ccccc3)C2)C(c2ccccc2)C1C(N)=O. The highest BCUT2D eigenvalue weighted by Crippen LogP contribution is 2.46. The largest absolute Gasteiger partial charge is 0.447 e. The minimum atomic E-state index is -0.969. The van der Waals surface area contributed by atoms with E-state index >= 15 is 0 Å². The number of hydrogen-bond donors (Lipinski definition) is 2. The van der Waals surface area contributed by atoms with E-state index in [-0.39, 0.29) is 17.6 Å². The molecule has 136 valence electrons. The van der Waals surface area contributed by atoms with Crippen molar-refractivity contribution in [2.75, 3.05) is 0 Å². The molecule has 0 radical (unpaired) electrons. The van der Waals surface area contributed by atoms with Crippen molar-refractivity contribution in [3.8, 4) is 0 Å². The number of amides is 1. The topological polar surface area (TPSA) is 93.2 Å². The van der Waals surface area contributed by atoms with Crippen molar-refractivity contribution in [1.82, 2.24) is 0 Å². The lowest BCUT2D eigenvalue weighted by molar-refractivity contribution is -0.121. The van der Waals surface area contributed by atoms with Crippen LogP contribution in [0.2, 0.25) is 0 Å². The number of ether oxygens (including phenoxy) is 1. The van der Waals surface area contributed by atoms with Gasteiger partial charge in [0.05, 0.1) is 0 Å². The maximum Gasteiger partial charge on any atom is 0.230 e. The first kappa shape index (κ1) is 17.2. The Hall–Kier alpha value is -3.21. The normalized spacial score (nSPS) is 25.0. The lowest BCUT2D eigenvalue weighted by atomic mass is 9.71. The second-order valence-corrected chi connectivity index (χ2v) is 7.01. The minimum Gasteiger partial charge on any atom is -0.447 e. The fraction of sp³-hybridized carbons (Fsp3) is 0.227. The molecule has 3 N–H and O–H groups in total. The van der Waals surface area contributed by atoms with Gasteiger partial charge in [-0.15, -0.1) is 0 Å². The molecule has 2 aromatic rings. The molecule has 0 bridgehead atoms. The van der Waals surface area contributed by atoms with Crippen LogP contribution in [0.1, 0.15) is 35.8 Å². The van der Waals surface area contributed by atoms with Crippen molar-refractivity contribution in [2.45, 2.75) is 24.7 Å². The van der Waals surface area contributed by atoms with Gasteiger partial charge in [-0.3, -0.25) is 15.0 Å². The van der Waals surface area contributed by atoms with Crippen molar-refractivity contribution in [3.63, 3.8) is 0 Å². The number of benzene rings is 2. The molecule has 0 saturated heterocycles. The summed E-state index contributed by atoms with van der Waals surface area (Å²) in [7, 11) is 0. The molecule has 0 spiro atoms. The first-order chi connectivity index (χ1) is 13.1. The number of nitrogens with two attached hydrogens (primary N) is 1. The number of carbonyl (C=O) groups is 2. The maximum atomic E-state index is 13.1. The lowest BCUT2D eigenvalue weighted by Gasteiger charge is -2.37. The number of carbonyl (C=O) groups excluding carboxylic acids is 2. The van der Waals surface area contributed by atoms with Gasteiger partial charge in [-0.25, -0.2) is 0 Å². The monoisotopic (exact) mass is 360 g/mol. The zero-order chi connectivity index (χ0) is 19.0. The van der Waals surface area contributed by atoms with Gasteiger partial charge in [0.15, 0.2) is 11.7 Å².